The Morgan fingerprint density at radius 2 is 1.89 bits per heavy atom. The minimum absolute atomic E-state index is 0.00260. The molecule has 6 nitrogen and oxygen atoms in total. The highest BCUT2D eigenvalue weighted by atomic mass is 16.5. The second kappa shape index (κ2) is 9.74. The molecule has 2 amide bonds. The molecule has 0 spiro atoms. The number of nitrogens with one attached hydrogen (secondary N) is 1. The van der Waals surface area contributed by atoms with E-state index >= 15 is 0 Å². The lowest BCUT2D eigenvalue weighted by atomic mass is 9.95. The van der Waals surface area contributed by atoms with Crippen molar-refractivity contribution in [1.29, 1.82) is 0 Å². The van der Waals surface area contributed by atoms with Crippen molar-refractivity contribution in [2.45, 2.75) is 44.6 Å². The van der Waals surface area contributed by atoms with E-state index in [2.05, 4.69) is 5.32 Å². The highest BCUT2D eigenvalue weighted by molar-refractivity contribution is 5.94. The highest BCUT2D eigenvalue weighted by Gasteiger charge is 2.27. The van der Waals surface area contributed by atoms with Crippen LogP contribution in [0.3, 0.4) is 0 Å². The van der Waals surface area contributed by atoms with Crippen molar-refractivity contribution in [2.75, 3.05) is 33.4 Å². The van der Waals surface area contributed by atoms with Gasteiger partial charge in [-0.2, -0.15) is 0 Å². The van der Waals surface area contributed by atoms with Gasteiger partial charge in [-0.15, -0.1) is 0 Å². The number of hydrogen-bond donors (Lipinski definition) is 1. The Bertz CT molecular complexity index is 618. The monoisotopic (exact) mass is 374 g/mol. The minimum Gasteiger partial charge on any atom is -0.497 e. The molecular weight excluding hydrogens is 344 g/mol. The van der Waals surface area contributed by atoms with Gasteiger partial charge < -0.3 is 19.7 Å². The van der Waals surface area contributed by atoms with Crippen molar-refractivity contribution in [2.24, 2.45) is 5.92 Å². The number of amides is 2. The fraction of sp³-hybridized carbons (Fsp3) is 0.619. The number of likely N-dealkylation sites (tertiary alicyclic amines) is 1. The molecule has 6 heteroatoms. The third-order valence-corrected chi connectivity index (χ3v) is 5.53. The molecule has 0 aromatic heterocycles. The summed E-state index contributed by atoms with van der Waals surface area (Å²) in [5.41, 5.74) is 0.659. The Labute approximate surface area is 161 Å². The Morgan fingerprint density at radius 3 is 2.52 bits per heavy atom. The Kier molecular flexibility index (Phi) is 7.10. The summed E-state index contributed by atoms with van der Waals surface area (Å²) in [6.45, 7) is 2.76. The minimum atomic E-state index is -0.00260. The van der Waals surface area contributed by atoms with E-state index in [1.807, 2.05) is 4.90 Å². The van der Waals surface area contributed by atoms with Crippen LogP contribution in [0.4, 0.5) is 0 Å². The molecule has 0 radical (unpaired) electrons. The molecular formula is C21H30N2O4. The van der Waals surface area contributed by atoms with Gasteiger partial charge in [0.25, 0.3) is 5.91 Å². The predicted octanol–water partition coefficient (Wildman–Crippen LogP) is 2.62. The first kappa shape index (κ1) is 19.7. The summed E-state index contributed by atoms with van der Waals surface area (Å²) in [5.74, 6) is 0.867. The molecule has 2 aliphatic rings. The molecule has 0 unspecified atom stereocenters. The van der Waals surface area contributed by atoms with Gasteiger partial charge in [-0.1, -0.05) is 0 Å². The molecule has 1 aromatic carbocycles. The third-order valence-electron chi connectivity index (χ3n) is 5.53. The lowest BCUT2D eigenvalue weighted by molar-refractivity contribution is -0.126. The Balaban J connectivity index is 1.39. The summed E-state index contributed by atoms with van der Waals surface area (Å²) in [6.07, 6.45) is 6.09. The van der Waals surface area contributed by atoms with Gasteiger partial charge in [0.15, 0.2) is 0 Å². The Hall–Kier alpha value is -2.08. The van der Waals surface area contributed by atoms with Crippen LogP contribution in [0.15, 0.2) is 24.3 Å². The first-order valence-electron chi connectivity index (χ1n) is 10.00. The molecule has 0 saturated carbocycles. The van der Waals surface area contributed by atoms with E-state index in [9.17, 15) is 9.59 Å². The van der Waals surface area contributed by atoms with E-state index in [4.69, 9.17) is 9.47 Å². The molecule has 2 heterocycles. The van der Waals surface area contributed by atoms with Gasteiger partial charge in [0, 0.05) is 37.7 Å². The number of carbonyl (C=O) groups excluding carboxylic acids is 2. The standard InChI is InChI=1S/C21H30N2O4/c1-26-18-7-5-17(6-8-18)21(25)23-13-10-16(11-14-23)20(24)22-12-9-19-4-2-3-15-27-19/h5-8,16,19H,2-4,9-15H2,1H3,(H,22,24)/t19-/m0/s1. The molecule has 1 atom stereocenters. The number of ether oxygens (including phenoxy) is 2. The zero-order valence-electron chi connectivity index (χ0n) is 16.1. The average Bonchev–Trinajstić information content (AvgIpc) is 2.74. The van der Waals surface area contributed by atoms with Gasteiger partial charge in [0.2, 0.25) is 5.91 Å². The second-order valence-electron chi connectivity index (χ2n) is 7.36. The van der Waals surface area contributed by atoms with Gasteiger partial charge in [-0.3, -0.25) is 9.59 Å². The van der Waals surface area contributed by atoms with E-state index in [0.29, 0.717) is 44.1 Å². The van der Waals surface area contributed by atoms with E-state index in [1.165, 1.54) is 6.42 Å². The van der Waals surface area contributed by atoms with Crippen LogP contribution in [0.1, 0.15) is 48.9 Å². The summed E-state index contributed by atoms with van der Waals surface area (Å²) in [5, 5.41) is 3.05. The van der Waals surface area contributed by atoms with Gasteiger partial charge in [0.05, 0.1) is 13.2 Å². The Morgan fingerprint density at radius 1 is 1.15 bits per heavy atom. The predicted molar refractivity (Wildman–Crippen MR) is 103 cm³/mol. The molecule has 2 aliphatic heterocycles. The second-order valence-corrected chi connectivity index (χ2v) is 7.36. The maximum atomic E-state index is 12.6. The topological polar surface area (TPSA) is 67.9 Å². The molecule has 0 bridgehead atoms. The summed E-state index contributed by atoms with van der Waals surface area (Å²) >= 11 is 0. The van der Waals surface area contributed by atoms with Crippen LogP contribution in [0.2, 0.25) is 0 Å². The number of piperidine rings is 1. The van der Waals surface area contributed by atoms with Crippen molar-refractivity contribution < 1.29 is 19.1 Å². The maximum absolute atomic E-state index is 12.6. The molecule has 1 N–H and O–H groups in total. The van der Waals surface area contributed by atoms with E-state index in [0.717, 1.165) is 31.6 Å². The van der Waals surface area contributed by atoms with Gasteiger partial charge >= 0.3 is 0 Å². The highest BCUT2D eigenvalue weighted by Crippen LogP contribution is 2.21. The molecule has 148 valence electrons. The molecule has 1 aromatic rings. The largest absolute Gasteiger partial charge is 0.497 e. The summed E-state index contributed by atoms with van der Waals surface area (Å²) in [7, 11) is 1.61. The van der Waals surface area contributed by atoms with Crippen LogP contribution >= 0.6 is 0 Å². The number of rotatable bonds is 6. The molecule has 2 fully saturated rings. The number of nitrogens with zero attached hydrogens (tertiary/aromatic N) is 1. The smallest absolute Gasteiger partial charge is 0.253 e. The first-order valence-corrected chi connectivity index (χ1v) is 10.00. The maximum Gasteiger partial charge on any atom is 0.253 e. The van der Waals surface area contributed by atoms with Crippen LogP contribution < -0.4 is 10.1 Å². The van der Waals surface area contributed by atoms with Gasteiger partial charge in [-0.05, 0) is 62.8 Å². The average molecular weight is 374 g/mol. The van der Waals surface area contributed by atoms with Crippen molar-refractivity contribution in [3.8, 4) is 5.75 Å². The van der Waals surface area contributed by atoms with Crippen LogP contribution in [-0.2, 0) is 9.53 Å². The fourth-order valence-electron chi connectivity index (χ4n) is 3.80. The zero-order chi connectivity index (χ0) is 19.1. The van der Waals surface area contributed by atoms with Crippen LogP contribution in [-0.4, -0.2) is 56.2 Å². The number of carbonyl (C=O) groups is 2. The zero-order valence-corrected chi connectivity index (χ0v) is 16.1. The quantitative estimate of drug-likeness (QED) is 0.831. The van der Waals surface area contributed by atoms with Crippen molar-refractivity contribution in [1.82, 2.24) is 10.2 Å². The third kappa shape index (κ3) is 5.45. The lowest BCUT2D eigenvalue weighted by Gasteiger charge is -2.31. The summed E-state index contributed by atoms with van der Waals surface area (Å²) in [6, 6.07) is 7.16. The fourth-order valence-corrected chi connectivity index (χ4v) is 3.80. The first-order chi connectivity index (χ1) is 13.2. The summed E-state index contributed by atoms with van der Waals surface area (Å²) in [4.78, 5) is 26.8. The van der Waals surface area contributed by atoms with E-state index in [1.54, 1.807) is 31.4 Å². The van der Waals surface area contributed by atoms with E-state index < -0.39 is 0 Å². The van der Waals surface area contributed by atoms with Gasteiger partial charge in [-0.25, -0.2) is 0 Å². The number of benzene rings is 1. The normalized spacial score (nSPS) is 20.9. The van der Waals surface area contributed by atoms with Crippen LogP contribution in [0, 0.1) is 5.92 Å². The molecule has 3 rings (SSSR count). The molecule has 27 heavy (non-hydrogen) atoms. The number of hydrogen-bond acceptors (Lipinski definition) is 4. The van der Waals surface area contributed by atoms with E-state index in [-0.39, 0.29) is 17.7 Å². The number of methoxy groups -OCH3 is 1. The summed E-state index contributed by atoms with van der Waals surface area (Å²) < 4.78 is 10.8. The van der Waals surface area contributed by atoms with Crippen molar-refractivity contribution in [3.05, 3.63) is 29.8 Å². The van der Waals surface area contributed by atoms with Crippen molar-refractivity contribution in [3.63, 3.8) is 0 Å². The SMILES string of the molecule is COc1ccc(C(=O)N2CCC(C(=O)NCC[C@@H]3CCCCO3)CC2)cc1. The van der Waals surface area contributed by atoms with Gasteiger partial charge in [0.1, 0.15) is 5.75 Å². The molecule has 0 aliphatic carbocycles. The van der Waals surface area contributed by atoms with Crippen molar-refractivity contribution >= 4 is 11.8 Å². The van der Waals surface area contributed by atoms with Crippen LogP contribution in [0.5, 0.6) is 5.75 Å². The molecule has 2 saturated heterocycles. The van der Waals surface area contributed by atoms with Crippen LogP contribution in [0.25, 0.3) is 0 Å². The lowest BCUT2D eigenvalue weighted by Crippen LogP contribution is -2.43.